The molecule has 230 valence electrons. The fraction of sp³-hybridized carbons (Fsp3) is 0.394. The zero-order chi connectivity index (χ0) is 31.0. The Bertz CT molecular complexity index is 1490. The number of hydrogen-bond donors (Lipinski definition) is 1. The highest BCUT2D eigenvalue weighted by atomic mass is 32.2. The van der Waals surface area contributed by atoms with Gasteiger partial charge in [0.2, 0.25) is 11.8 Å². The normalized spacial score (nSPS) is 14.7. The van der Waals surface area contributed by atoms with Gasteiger partial charge in [0.05, 0.1) is 5.69 Å². The summed E-state index contributed by atoms with van der Waals surface area (Å²) in [6, 6.07) is 21.6. The Morgan fingerprint density at radius 1 is 0.907 bits per heavy atom. The molecule has 10 heteroatoms. The van der Waals surface area contributed by atoms with Gasteiger partial charge in [0.15, 0.2) is 0 Å². The van der Waals surface area contributed by atoms with Gasteiger partial charge in [-0.1, -0.05) is 91.6 Å². The number of para-hydroxylation sites is 1. The summed E-state index contributed by atoms with van der Waals surface area (Å²) in [7, 11) is -1.62. The molecular weight excluding hydrogens is 567 g/mol. The zero-order valence-corrected chi connectivity index (χ0v) is 25.9. The highest BCUT2D eigenvalue weighted by Crippen LogP contribution is 2.25. The number of benzene rings is 3. The molecule has 3 aromatic carbocycles. The Kier molecular flexibility index (Phi) is 10.9. The lowest BCUT2D eigenvalue weighted by molar-refractivity contribution is -0.140. The first-order chi connectivity index (χ1) is 20.6. The Morgan fingerprint density at radius 2 is 1.56 bits per heavy atom. The van der Waals surface area contributed by atoms with Gasteiger partial charge < -0.3 is 10.2 Å². The molecule has 43 heavy (non-hydrogen) atoms. The van der Waals surface area contributed by atoms with E-state index in [1.807, 2.05) is 61.5 Å². The monoisotopic (exact) mass is 608 g/mol. The number of halogens is 1. The van der Waals surface area contributed by atoms with Crippen molar-refractivity contribution in [2.45, 2.75) is 64.1 Å². The molecule has 1 N–H and O–H groups in total. The second-order valence-electron chi connectivity index (χ2n) is 11.3. The number of carbonyl (C=O) groups excluding carboxylic acids is 2. The summed E-state index contributed by atoms with van der Waals surface area (Å²) in [6.07, 6.45) is 5.16. The molecule has 4 rings (SSSR count). The van der Waals surface area contributed by atoms with Crippen LogP contribution < -0.4 is 9.62 Å². The lowest BCUT2D eigenvalue weighted by atomic mass is 9.94. The van der Waals surface area contributed by atoms with Gasteiger partial charge >= 0.3 is 10.2 Å². The Balaban J connectivity index is 1.76. The molecule has 0 unspecified atom stereocenters. The fourth-order valence-corrected chi connectivity index (χ4v) is 6.53. The van der Waals surface area contributed by atoms with Crippen LogP contribution in [0.4, 0.5) is 10.1 Å². The van der Waals surface area contributed by atoms with E-state index in [2.05, 4.69) is 5.32 Å². The van der Waals surface area contributed by atoms with Gasteiger partial charge in [0.25, 0.3) is 0 Å². The van der Waals surface area contributed by atoms with Gasteiger partial charge in [0, 0.05) is 33.1 Å². The molecule has 0 bridgehead atoms. The zero-order valence-electron chi connectivity index (χ0n) is 25.1. The number of hydrogen-bond acceptors (Lipinski definition) is 4. The lowest BCUT2D eigenvalue weighted by Crippen LogP contribution is -2.55. The molecule has 0 radical (unpaired) electrons. The summed E-state index contributed by atoms with van der Waals surface area (Å²) < 4.78 is 43.6. The van der Waals surface area contributed by atoms with Crippen LogP contribution >= 0.6 is 0 Å². The molecule has 1 saturated carbocycles. The number of nitrogens with one attached hydrogen (secondary N) is 1. The maximum atomic E-state index is 15.0. The van der Waals surface area contributed by atoms with E-state index >= 15 is 0 Å². The molecule has 1 aliphatic rings. The van der Waals surface area contributed by atoms with Crippen LogP contribution in [-0.2, 0) is 32.8 Å². The molecule has 3 aromatic rings. The molecule has 8 nitrogen and oxygen atoms in total. The first-order valence-electron chi connectivity index (χ1n) is 14.7. The van der Waals surface area contributed by atoms with E-state index in [4.69, 9.17) is 0 Å². The number of amides is 2. The maximum Gasteiger partial charge on any atom is 0.304 e. The van der Waals surface area contributed by atoms with Crippen molar-refractivity contribution in [1.82, 2.24) is 14.5 Å². The molecule has 1 fully saturated rings. The largest absolute Gasteiger partial charge is 0.352 e. The molecular formula is C33H41FN4O4S. The third-order valence-corrected chi connectivity index (χ3v) is 9.60. The van der Waals surface area contributed by atoms with E-state index in [-0.39, 0.29) is 30.6 Å². The summed E-state index contributed by atoms with van der Waals surface area (Å²) in [5, 5.41) is 3.18. The first kappa shape index (κ1) is 32.2. The summed E-state index contributed by atoms with van der Waals surface area (Å²) in [4.78, 5) is 29.8. The number of carbonyl (C=O) groups is 2. The molecule has 0 aliphatic heterocycles. The van der Waals surface area contributed by atoms with Crippen molar-refractivity contribution < 1.29 is 22.4 Å². The van der Waals surface area contributed by atoms with E-state index < -0.39 is 34.5 Å². The topological polar surface area (TPSA) is 90.0 Å². The molecule has 2 amide bonds. The highest BCUT2D eigenvalue weighted by Gasteiger charge is 2.36. The SMILES string of the molecule is Cc1cccc(CN(C(=O)CN(c2ccccc2F)S(=O)(=O)N(C)C)[C@H](Cc2ccccc2)C(=O)NC2CCCCC2)c1. The van der Waals surface area contributed by atoms with Crippen LogP contribution in [-0.4, -0.2) is 62.2 Å². The number of nitrogens with zero attached hydrogens (tertiary/aromatic N) is 3. The Hall–Kier alpha value is -3.76. The summed E-state index contributed by atoms with van der Waals surface area (Å²) in [5.41, 5.74) is 2.40. The van der Waals surface area contributed by atoms with Gasteiger partial charge in [-0.15, -0.1) is 0 Å². The van der Waals surface area contributed by atoms with Crippen molar-refractivity contribution in [1.29, 1.82) is 0 Å². The number of rotatable bonds is 12. The smallest absolute Gasteiger partial charge is 0.304 e. The van der Waals surface area contributed by atoms with Crippen molar-refractivity contribution in [2.24, 2.45) is 0 Å². The number of aryl methyl sites for hydroxylation is 1. The van der Waals surface area contributed by atoms with Crippen LogP contribution in [0, 0.1) is 12.7 Å². The van der Waals surface area contributed by atoms with Crippen LogP contribution in [0.15, 0.2) is 78.9 Å². The summed E-state index contributed by atoms with van der Waals surface area (Å²) in [6.45, 7) is 1.33. The van der Waals surface area contributed by atoms with Gasteiger partial charge in [0.1, 0.15) is 18.4 Å². The average Bonchev–Trinajstić information content (AvgIpc) is 2.99. The van der Waals surface area contributed by atoms with Crippen molar-refractivity contribution in [3.05, 3.63) is 101 Å². The van der Waals surface area contributed by atoms with E-state index in [0.29, 0.717) is 0 Å². The molecule has 0 aromatic heterocycles. The maximum absolute atomic E-state index is 15.0. The van der Waals surface area contributed by atoms with E-state index in [1.165, 1.54) is 37.2 Å². The van der Waals surface area contributed by atoms with E-state index in [9.17, 15) is 22.4 Å². The van der Waals surface area contributed by atoms with Crippen molar-refractivity contribution >= 4 is 27.7 Å². The Morgan fingerprint density at radius 3 is 2.21 bits per heavy atom. The minimum absolute atomic E-state index is 0.0134. The molecule has 1 aliphatic carbocycles. The van der Waals surface area contributed by atoms with E-state index in [0.717, 1.165) is 63.5 Å². The predicted molar refractivity (Wildman–Crippen MR) is 167 cm³/mol. The summed E-state index contributed by atoms with van der Waals surface area (Å²) in [5.74, 6) is -1.68. The average molecular weight is 609 g/mol. The molecule has 0 saturated heterocycles. The van der Waals surface area contributed by atoms with Crippen LogP contribution in [0.1, 0.15) is 48.8 Å². The first-order valence-corrected chi connectivity index (χ1v) is 16.1. The van der Waals surface area contributed by atoms with E-state index in [1.54, 1.807) is 0 Å². The van der Waals surface area contributed by atoms with Crippen molar-refractivity contribution in [3.63, 3.8) is 0 Å². The third kappa shape index (κ3) is 8.42. The Labute approximate surface area is 254 Å². The van der Waals surface area contributed by atoms with Crippen LogP contribution in [0.25, 0.3) is 0 Å². The minimum Gasteiger partial charge on any atom is -0.352 e. The van der Waals surface area contributed by atoms with Crippen LogP contribution in [0.2, 0.25) is 0 Å². The molecule has 0 spiro atoms. The predicted octanol–water partition coefficient (Wildman–Crippen LogP) is 4.84. The summed E-state index contributed by atoms with van der Waals surface area (Å²) >= 11 is 0. The third-order valence-electron chi connectivity index (χ3n) is 7.80. The van der Waals surface area contributed by atoms with Crippen LogP contribution in [0.5, 0.6) is 0 Å². The van der Waals surface area contributed by atoms with Gasteiger partial charge in [-0.25, -0.2) is 8.70 Å². The highest BCUT2D eigenvalue weighted by molar-refractivity contribution is 7.90. The molecule has 1 atom stereocenters. The van der Waals surface area contributed by atoms with Crippen molar-refractivity contribution in [2.75, 3.05) is 24.9 Å². The lowest BCUT2D eigenvalue weighted by Gasteiger charge is -2.35. The minimum atomic E-state index is -4.27. The quantitative estimate of drug-likeness (QED) is 0.319. The number of anilines is 1. The standard InChI is InChI=1S/C33H41FN4O4S/c1-25-13-12-16-27(21-25)23-37(32(39)24-38(43(41,42)36(2)3)30-20-11-10-19-29(30)34)31(22-26-14-6-4-7-15-26)33(40)35-28-17-8-5-9-18-28/h4,6-7,10-16,19-21,28,31H,5,8-9,17-18,22-24H2,1-3H3,(H,35,40)/t31-/m1/s1. The second kappa shape index (κ2) is 14.6. The van der Waals surface area contributed by atoms with Gasteiger partial charge in [-0.05, 0) is 43.0 Å². The van der Waals surface area contributed by atoms with Gasteiger partial charge in [-0.2, -0.15) is 12.7 Å². The fourth-order valence-electron chi connectivity index (χ4n) is 5.46. The van der Waals surface area contributed by atoms with Crippen molar-refractivity contribution in [3.8, 4) is 0 Å². The molecule has 0 heterocycles. The second-order valence-corrected chi connectivity index (χ2v) is 13.4. The van der Waals surface area contributed by atoms with Gasteiger partial charge in [-0.3, -0.25) is 9.59 Å². The van der Waals surface area contributed by atoms with Crippen LogP contribution in [0.3, 0.4) is 0 Å².